The number of ketones is 1. The van der Waals surface area contributed by atoms with Crippen LogP contribution in [-0.2, 0) is 4.79 Å². The van der Waals surface area contributed by atoms with Crippen molar-refractivity contribution in [2.45, 2.75) is 25.3 Å². The Bertz CT molecular complexity index is 811. The Morgan fingerprint density at radius 2 is 2.09 bits per heavy atom. The maximum absolute atomic E-state index is 12.4. The molecule has 112 valence electrons. The average Bonchev–Trinajstić information content (AvgIpc) is 2.96. The summed E-state index contributed by atoms with van der Waals surface area (Å²) in [7, 11) is 0. The first-order valence-electron chi connectivity index (χ1n) is 6.98. The highest BCUT2D eigenvalue weighted by atomic mass is 16.3. The van der Waals surface area contributed by atoms with Crippen molar-refractivity contribution >= 4 is 11.7 Å². The van der Waals surface area contributed by atoms with Crippen LogP contribution in [0.15, 0.2) is 29.5 Å². The summed E-state index contributed by atoms with van der Waals surface area (Å²) in [5, 5.41) is 33.9. The number of tetrazole rings is 1. The third kappa shape index (κ3) is 1.77. The highest BCUT2D eigenvalue weighted by Crippen LogP contribution is 2.40. The molecule has 1 aliphatic heterocycles. The van der Waals surface area contributed by atoms with Gasteiger partial charge in [-0.15, -0.1) is 0 Å². The van der Waals surface area contributed by atoms with Gasteiger partial charge in [-0.25, -0.2) is 0 Å². The molecule has 0 saturated carbocycles. The zero-order chi connectivity index (χ0) is 15.3. The predicted octanol–water partition coefficient (Wildman–Crippen LogP) is 1.11. The van der Waals surface area contributed by atoms with E-state index in [2.05, 4.69) is 20.8 Å². The molecule has 4 rings (SSSR count). The van der Waals surface area contributed by atoms with Crippen LogP contribution in [0, 0.1) is 0 Å². The molecule has 1 atom stereocenters. The molecule has 22 heavy (non-hydrogen) atoms. The number of aromatic nitrogens is 4. The van der Waals surface area contributed by atoms with Gasteiger partial charge >= 0.3 is 0 Å². The third-order valence-electron chi connectivity index (χ3n) is 4.04. The molecule has 0 saturated heterocycles. The monoisotopic (exact) mass is 299 g/mol. The van der Waals surface area contributed by atoms with Crippen molar-refractivity contribution in [3.8, 4) is 11.5 Å². The van der Waals surface area contributed by atoms with E-state index in [1.165, 1.54) is 16.8 Å². The second kappa shape index (κ2) is 4.55. The highest BCUT2D eigenvalue weighted by Gasteiger charge is 2.36. The maximum Gasteiger partial charge on any atom is 0.248 e. The van der Waals surface area contributed by atoms with Crippen LogP contribution in [0.1, 0.15) is 30.9 Å². The van der Waals surface area contributed by atoms with E-state index < -0.39 is 6.04 Å². The van der Waals surface area contributed by atoms with Crippen molar-refractivity contribution in [1.82, 2.24) is 20.2 Å². The molecule has 0 radical (unpaired) electrons. The molecule has 2 aromatic rings. The Hall–Kier alpha value is -2.90. The van der Waals surface area contributed by atoms with Crippen LogP contribution in [0.2, 0.25) is 0 Å². The van der Waals surface area contributed by atoms with Gasteiger partial charge in [-0.05, 0) is 41.0 Å². The fourth-order valence-corrected chi connectivity index (χ4v) is 3.04. The summed E-state index contributed by atoms with van der Waals surface area (Å²) in [5.41, 5.74) is 2.10. The normalized spacial score (nSPS) is 20.4. The second-order valence-corrected chi connectivity index (χ2v) is 5.39. The summed E-state index contributed by atoms with van der Waals surface area (Å²) in [6.45, 7) is 0. The molecular weight excluding hydrogens is 286 g/mol. The lowest BCUT2D eigenvalue weighted by Crippen LogP contribution is -2.31. The first-order chi connectivity index (χ1) is 10.6. The van der Waals surface area contributed by atoms with Crippen molar-refractivity contribution < 1.29 is 15.0 Å². The van der Waals surface area contributed by atoms with Crippen molar-refractivity contribution in [2.24, 2.45) is 0 Å². The highest BCUT2D eigenvalue weighted by molar-refractivity contribution is 5.99. The zero-order valence-corrected chi connectivity index (χ0v) is 11.5. The van der Waals surface area contributed by atoms with Crippen molar-refractivity contribution in [2.75, 3.05) is 5.32 Å². The van der Waals surface area contributed by atoms with Gasteiger partial charge in [-0.2, -0.15) is 4.68 Å². The molecule has 8 nitrogen and oxygen atoms in total. The third-order valence-corrected chi connectivity index (χ3v) is 4.04. The van der Waals surface area contributed by atoms with Crippen molar-refractivity contribution in [3.63, 3.8) is 0 Å². The average molecular weight is 299 g/mol. The smallest absolute Gasteiger partial charge is 0.248 e. The van der Waals surface area contributed by atoms with Crippen LogP contribution in [0.3, 0.4) is 0 Å². The van der Waals surface area contributed by atoms with E-state index in [-0.39, 0.29) is 17.3 Å². The van der Waals surface area contributed by atoms with E-state index in [1.54, 1.807) is 6.07 Å². The Morgan fingerprint density at radius 1 is 1.23 bits per heavy atom. The number of hydrogen-bond donors (Lipinski definition) is 3. The van der Waals surface area contributed by atoms with Crippen molar-refractivity contribution in [3.05, 3.63) is 35.0 Å². The number of hydrogen-bond acceptors (Lipinski definition) is 7. The minimum Gasteiger partial charge on any atom is -0.504 e. The number of anilines is 1. The number of nitrogens with zero attached hydrogens (tertiary/aromatic N) is 4. The molecule has 0 unspecified atom stereocenters. The largest absolute Gasteiger partial charge is 0.504 e. The topological polar surface area (TPSA) is 113 Å². The van der Waals surface area contributed by atoms with Gasteiger partial charge in [0.1, 0.15) is 6.04 Å². The van der Waals surface area contributed by atoms with Gasteiger partial charge in [0.15, 0.2) is 17.3 Å². The second-order valence-electron chi connectivity index (χ2n) is 5.39. The molecule has 2 heterocycles. The number of allylic oxidation sites excluding steroid dienone is 2. The number of benzene rings is 1. The minimum absolute atomic E-state index is 0.0486. The molecule has 2 aliphatic rings. The molecule has 1 aliphatic carbocycles. The summed E-state index contributed by atoms with van der Waals surface area (Å²) in [6, 6.07) is 3.98. The number of nitrogens with one attached hydrogen (secondary N) is 1. The Labute approximate surface area is 125 Å². The number of carbonyl (C=O) groups excluding carboxylic acids is 1. The lowest BCUT2D eigenvalue weighted by atomic mass is 9.85. The summed E-state index contributed by atoms with van der Waals surface area (Å²) in [6.07, 6.45) is 2.03. The fraction of sp³-hybridized carbons (Fsp3) is 0.286. The van der Waals surface area contributed by atoms with Crippen LogP contribution >= 0.6 is 0 Å². The van der Waals surface area contributed by atoms with E-state index in [4.69, 9.17) is 0 Å². The number of phenolic OH excluding ortho intramolecular Hbond substituents is 2. The minimum atomic E-state index is -0.499. The van der Waals surface area contributed by atoms with Gasteiger partial charge in [0.2, 0.25) is 5.95 Å². The molecule has 8 heteroatoms. The standard InChI is InChI=1S/C14H13N5O3/c20-9-5-4-7(6-11(9)22)13-12-8(2-1-3-10(12)21)15-14-16-17-18-19(13)14/h4-6,13,20,22H,1-3H2,(H,15,16,18)/t13-/m0/s1. The number of aromatic hydroxyl groups is 2. The van der Waals surface area contributed by atoms with Crippen molar-refractivity contribution in [1.29, 1.82) is 0 Å². The van der Waals surface area contributed by atoms with E-state index in [0.717, 1.165) is 18.5 Å². The summed E-state index contributed by atoms with van der Waals surface area (Å²) >= 11 is 0. The number of phenols is 2. The first kappa shape index (κ1) is 12.8. The Balaban J connectivity index is 1.92. The van der Waals surface area contributed by atoms with Gasteiger partial charge in [-0.1, -0.05) is 11.2 Å². The number of carbonyl (C=O) groups is 1. The molecule has 0 spiro atoms. The Morgan fingerprint density at radius 3 is 2.91 bits per heavy atom. The van der Waals surface area contributed by atoms with Crippen LogP contribution in [-0.4, -0.2) is 36.2 Å². The molecule has 0 amide bonds. The van der Waals surface area contributed by atoms with Gasteiger partial charge in [0.05, 0.1) is 0 Å². The van der Waals surface area contributed by atoms with Gasteiger partial charge in [0, 0.05) is 17.7 Å². The molecule has 0 bridgehead atoms. The van der Waals surface area contributed by atoms with Gasteiger partial charge in [0.25, 0.3) is 0 Å². The lowest BCUT2D eigenvalue weighted by molar-refractivity contribution is -0.116. The molecule has 0 fully saturated rings. The van der Waals surface area contributed by atoms with Crippen LogP contribution < -0.4 is 5.32 Å². The fourth-order valence-electron chi connectivity index (χ4n) is 3.04. The summed E-state index contributed by atoms with van der Waals surface area (Å²) in [4.78, 5) is 12.4. The molecular formula is C14H13N5O3. The van der Waals surface area contributed by atoms with Gasteiger partial charge < -0.3 is 15.5 Å². The summed E-state index contributed by atoms with van der Waals surface area (Å²) < 4.78 is 1.52. The van der Waals surface area contributed by atoms with E-state index in [9.17, 15) is 15.0 Å². The van der Waals surface area contributed by atoms with E-state index in [1.807, 2.05) is 0 Å². The first-order valence-corrected chi connectivity index (χ1v) is 6.98. The SMILES string of the molecule is O=C1CCCC2=C1[C@H](c1ccc(O)c(O)c1)n1nnnc1N2. The number of Topliss-reactive ketones (excluding diaryl/α,β-unsaturated/α-hetero) is 1. The molecule has 3 N–H and O–H groups in total. The van der Waals surface area contributed by atoms with Crippen LogP contribution in [0.5, 0.6) is 11.5 Å². The molecule has 1 aromatic heterocycles. The number of rotatable bonds is 1. The van der Waals surface area contributed by atoms with Gasteiger partial charge in [-0.3, -0.25) is 4.79 Å². The van der Waals surface area contributed by atoms with Crippen LogP contribution in [0.4, 0.5) is 5.95 Å². The maximum atomic E-state index is 12.4. The van der Waals surface area contributed by atoms with E-state index in [0.29, 0.717) is 23.5 Å². The predicted molar refractivity (Wildman–Crippen MR) is 75.2 cm³/mol. The lowest BCUT2D eigenvalue weighted by Gasteiger charge is -2.31. The quantitative estimate of drug-likeness (QED) is 0.676. The Kier molecular flexibility index (Phi) is 2.65. The van der Waals surface area contributed by atoms with E-state index >= 15 is 0 Å². The summed E-state index contributed by atoms with van der Waals surface area (Å²) in [5.74, 6) is 0.0633. The van der Waals surface area contributed by atoms with Crippen LogP contribution in [0.25, 0.3) is 0 Å². The number of fused-ring (bicyclic) bond motifs is 1. The molecule has 1 aromatic carbocycles. The zero-order valence-electron chi connectivity index (χ0n) is 11.5.